The summed E-state index contributed by atoms with van der Waals surface area (Å²) in [6.07, 6.45) is 6.18. The summed E-state index contributed by atoms with van der Waals surface area (Å²) in [6.45, 7) is 7.36. The number of hydrogen-bond donors (Lipinski definition) is 1. The minimum atomic E-state index is 0.776. The van der Waals surface area contributed by atoms with E-state index in [1.165, 1.54) is 0 Å². The van der Waals surface area contributed by atoms with E-state index in [0.29, 0.717) is 0 Å². The van der Waals surface area contributed by atoms with Crippen molar-refractivity contribution in [2.45, 2.75) is 53.0 Å². The van der Waals surface area contributed by atoms with E-state index in [1.54, 1.807) is 0 Å². The van der Waals surface area contributed by atoms with Crippen molar-refractivity contribution in [3.8, 4) is 11.3 Å². The van der Waals surface area contributed by atoms with Gasteiger partial charge in [-0.2, -0.15) is 5.10 Å². The third-order valence-electron chi connectivity index (χ3n) is 3.79. The molecule has 0 radical (unpaired) electrons. The minimum absolute atomic E-state index is 0.776. The Hall–Kier alpha value is -1.78. The lowest BCUT2D eigenvalue weighted by molar-refractivity contribution is 0.604. The molecule has 5 nitrogen and oxygen atoms in total. The molecule has 0 aliphatic heterocycles. The monoisotopic (exact) mass is 275 g/mol. The average Bonchev–Trinajstić information content (AvgIpc) is 2.91. The first-order valence-corrected chi connectivity index (χ1v) is 7.43. The van der Waals surface area contributed by atoms with Gasteiger partial charge in [0.05, 0.1) is 6.20 Å². The molecular formula is C15H25N5. The van der Waals surface area contributed by atoms with Crippen molar-refractivity contribution in [3.05, 3.63) is 17.7 Å². The molecule has 0 aliphatic carbocycles. The van der Waals surface area contributed by atoms with Crippen LogP contribution >= 0.6 is 0 Å². The second-order valence-corrected chi connectivity index (χ2v) is 5.28. The van der Waals surface area contributed by atoms with Crippen LogP contribution in [-0.4, -0.2) is 19.3 Å². The summed E-state index contributed by atoms with van der Waals surface area (Å²) in [5.74, 6) is 1.87. The van der Waals surface area contributed by atoms with Gasteiger partial charge in [-0.3, -0.25) is 4.68 Å². The highest BCUT2D eigenvalue weighted by atomic mass is 15.3. The number of anilines is 1. The topological polar surface area (TPSA) is 61.7 Å². The Morgan fingerprint density at radius 1 is 1.25 bits per heavy atom. The maximum absolute atomic E-state index is 6.35. The molecule has 5 heteroatoms. The second-order valence-electron chi connectivity index (χ2n) is 5.28. The van der Waals surface area contributed by atoms with Gasteiger partial charge in [0.2, 0.25) is 0 Å². The van der Waals surface area contributed by atoms with E-state index < -0.39 is 0 Å². The highest BCUT2D eigenvalue weighted by Crippen LogP contribution is 2.29. The smallest absolute Gasteiger partial charge is 0.131 e. The molecule has 2 heterocycles. The Morgan fingerprint density at radius 2 is 2.00 bits per heavy atom. The summed E-state index contributed by atoms with van der Waals surface area (Å²) in [4.78, 5) is 4.78. The second kappa shape index (κ2) is 6.11. The molecule has 0 bridgehead atoms. The van der Waals surface area contributed by atoms with E-state index in [1.807, 2.05) is 24.9 Å². The lowest BCUT2D eigenvalue weighted by Gasteiger charge is -2.08. The molecule has 0 fully saturated rings. The summed E-state index contributed by atoms with van der Waals surface area (Å²) < 4.78 is 4.04. The molecule has 2 N–H and O–H groups in total. The molecule has 2 rings (SSSR count). The summed E-state index contributed by atoms with van der Waals surface area (Å²) in [7, 11) is 1.94. The Bertz CT molecular complexity index is 579. The zero-order valence-electron chi connectivity index (χ0n) is 13.0. The predicted octanol–water partition coefficient (Wildman–Crippen LogP) is 2.93. The first-order valence-electron chi connectivity index (χ1n) is 7.43. The number of hydrogen-bond acceptors (Lipinski definition) is 3. The van der Waals surface area contributed by atoms with Crippen LogP contribution in [0.15, 0.2) is 6.20 Å². The quantitative estimate of drug-likeness (QED) is 0.881. The van der Waals surface area contributed by atoms with Crippen molar-refractivity contribution in [2.24, 2.45) is 7.05 Å². The van der Waals surface area contributed by atoms with Gasteiger partial charge in [-0.25, -0.2) is 4.98 Å². The largest absolute Gasteiger partial charge is 0.383 e. The fourth-order valence-corrected chi connectivity index (χ4v) is 2.42. The third kappa shape index (κ3) is 2.57. The normalized spacial score (nSPS) is 11.2. The number of nitrogens with two attached hydrogens (primary N) is 1. The van der Waals surface area contributed by atoms with E-state index in [0.717, 1.165) is 60.8 Å². The van der Waals surface area contributed by atoms with Crippen LogP contribution in [0.3, 0.4) is 0 Å². The molecule has 0 aromatic carbocycles. The molecule has 0 atom stereocenters. The van der Waals surface area contributed by atoms with Gasteiger partial charge in [0.15, 0.2) is 0 Å². The number of rotatable bonds is 6. The summed E-state index contributed by atoms with van der Waals surface area (Å²) in [6, 6.07) is 0. The maximum Gasteiger partial charge on any atom is 0.131 e. The molecule has 20 heavy (non-hydrogen) atoms. The number of nitrogen functional groups attached to an aromatic ring is 1. The van der Waals surface area contributed by atoms with Crippen molar-refractivity contribution in [3.63, 3.8) is 0 Å². The van der Waals surface area contributed by atoms with E-state index in [-0.39, 0.29) is 0 Å². The van der Waals surface area contributed by atoms with Crippen LogP contribution in [0.5, 0.6) is 0 Å². The molecule has 0 saturated carbocycles. The molecule has 0 amide bonds. The van der Waals surface area contributed by atoms with Crippen LogP contribution < -0.4 is 5.73 Å². The van der Waals surface area contributed by atoms with Gasteiger partial charge in [0.1, 0.15) is 17.3 Å². The number of nitrogens with zero attached hydrogens (tertiary/aromatic N) is 4. The molecular weight excluding hydrogens is 250 g/mol. The molecule has 2 aromatic rings. The van der Waals surface area contributed by atoms with Crippen LogP contribution in [0, 0.1) is 6.92 Å². The Balaban J connectivity index is 2.46. The third-order valence-corrected chi connectivity index (χ3v) is 3.79. The van der Waals surface area contributed by atoms with Crippen molar-refractivity contribution >= 4 is 5.82 Å². The van der Waals surface area contributed by atoms with Gasteiger partial charge in [-0.1, -0.05) is 20.3 Å². The van der Waals surface area contributed by atoms with Gasteiger partial charge < -0.3 is 10.3 Å². The van der Waals surface area contributed by atoms with Gasteiger partial charge in [0.25, 0.3) is 0 Å². The SMILES string of the molecule is CCCCn1c(CCC)nc(-c2cnn(C)c2C)c1N. The maximum atomic E-state index is 6.35. The first kappa shape index (κ1) is 14.6. The molecule has 0 spiro atoms. The minimum Gasteiger partial charge on any atom is -0.383 e. The van der Waals surface area contributed by atoms with Gasteiger partial charge in [-0.05, 0) is 19.8 Å². The highest BCUT2D eigenvalue weighted by molar-refractivity contribution is 5.72. The molecule has 0 saturated heterocycles. The van der Waals surface area contributed by atoms with Crippen LogP contribution in [0.2, 0.25) is 0 Å². The fourth-order valence-electron chi connectivity index (χ4n) is 2.42. The van der Waals surface area contributed by atoms with E-state index in [4.69, 9.17) is 10.7 Å². The standard InChI is InChI=1S/C15H25N5/c1-5-7-9-20-13(8-6-2)18-14(15(20)16)12-10-17-19(4)11(12)3/h10H,5-9,16H2,1-4H3. The van der Waals surface area contributed by atoms with Crippen LogP contribution in [-0.2, 0) is 20.0 Å². The number of unbranched alkanes of at least 4 members (excludes halogenated alkanes) is 1. The van der Waals surface area contributed by atoms with E-state index in [9.17, 15) is 0 Å². The fraction of sp³-hybridized carbons (Fsp3) is 0.600. The molecule has 0 unspecified atom stereocenters. The average molecular weight is 275 g/mol. The van der Waals surface area contributed by atoms with Crippen molar-refractivity contribution in [1.29, 1.82) is 0 Å². The van der Waals surface area contributed by atoms with Crippen LogP contribution in [0.4, 0.5) is 5.82 Å². The number of imidazole rings is 1. The predicted molar refractivity (Wildman–Crippen MR) is 82.5 cm³/mol. The van der Waals surface area contributed by atoms with E-state index in [2.05, 4.69) is 23.5 Å². The molecule has 0 aliphatic rings. The van der Waals surface area contributed by atoms with Crippen LogP contribution in [0.1, 0.15) is 44.6 Å². The molecule has 2 aromatic heterocycles. The summed E-state index contributed by atoms with van der Waals surface area (Å²) >= 11 is 0. The molecule has 110 valence electrons. The van der Waals surface area contributed by atoms with Crippen molar-refractivity contribution in [2.75, 3.05) is 5.73 Å². The van der Waals surface area contributed by atoms with Crippen LogP contribution in [0.25, 0.3) is 11.3 Å². The number of aromatic nitrogens is 4. The zero-order valence-corrected chi connectivity index (χ0v) is 13.0. The number of aryl methyl sites for hydroxylation is 2. The van der Waals surface area contributed by atoms with Crippen molar-refractivity contribution < 1.29 is 0 Å². The first-order chi connectivity index (χ1) is 9.60. The zero-order chi connectivity index (χ0) is 14.7. The Morgan fingerprint density at radius 3 is 2.55 bits per heavy atom. The van der Waals surface area contributed by atoms with E-state index >= 15 is 0 Å². The Kier molecular flexibility index (Phi) is 4.47. The summed E-state index contributed by atoms with van der Waals surface area (Å²) in [5, 5.41) is 4.29. The van der Waals surface area contributed by atoms with Gasteiger partial charge in [0, 0.05) is 31.3 Å². The lowest BCUT2D eigenvalue weighted by Crippen LogP contribution is -2.07. The van der Waals surface area contributed by atoms with Gasteiger partial charge in [-0.15, -0.1) is 0 Å². The lowest BCUT2D eigenvalue weighted by atomic mass is 10.2. The summed E-state index contributed by atoms with van der Waals surface area (Å²) in [5.41, 5.74) is 9.37. The Labute approximate surface area is 120 Å². The highest BCUT2D eigenvalue weighted by Gasteiger charge is 2.18. The van der Waals surface area contributed by atoms with Gasteiger partial charge >= 0.3 is 0 Å². The van der Waals surface area contributed by atoms with Crippen molar-refractivity contribution in [1.82, 2.24) is 19.3 Å².